The summed E-state index contributed by atoms with van der Waals surface area (Å²) in [4.78, 5) is 11.6. The third-order valence-corrected chi connectivity index (χ3v) is 2.98. The van der Waals surface area contributed by atoms with Crippen LogP contribution in [0.15, 0.2) is 12.4 Å². The molecule has 0 aromatic carbocycles. The van der Waals surface area contributed by atoms with Gasteiger partial charge in [0.25, 0.3) is 5.91 Å². The second-order valence-corrected chi connectivity index (χ2v) is 4.14. The number of rotatable bonds is 5. The van der Waals surface area contributed by atoms with Crippen LogP contribution >= 0.6 is 0 Å². The Balaban J connectivity index is 1.81. The van der Waals surface area contributed by atoms with Crippen molar-refractivity contribution in [3.63, 3.8) is 0 Å². The lowest BCUT2D eigenvalue weighted by molar-refractivity contribution is 0.0941. The van der Waals surface area contributed by atoms with Crippen LogP contribution in [0.2, 0.25) is 0 Å². The van der Waals surface area contributed by atoms with Gasteiger partial charge in [0.15, 0.2) is 0 Å². The van der Waals surface area contributed by atoms with E-state index in [-0.39, 0.29) is 17.9 Å². The summed E-state index contributed by atoms with van der Waals surface area (Å²) >= 11 is 0. The molecule has 5 nitrogen and oxygen atoms in total. The number of hydrogen-bond acceptors (Lipinski definition) is 3. The molecule has 1 aromatic rings. The largest absolute Gasteiger partial charge is 0.396 e. The van der Waals surface area contributed by atoms with E-state index in [9.17, 15) is 4.79 Å². The van der Waals surface area contributed by atoms with E-state index >= 15 is 0 Å². The minimum absolute atomic E-state index is 0.104. The predicted octanol–water partition coefficient (Wildman–Crippen LogP) is 0.302. The SMILES string of the molecule is O=C(NCC1(CCO)CC1)c1cn[nH]c1. The molecular formula is C10H15N3O2. The maximum absolute atomic E-state index is 11.6. The first kappa shape index (κ1) is 10.2. The number of hydrogen-bond donors (Lipinski definition) is 3. The number of carbonyl (C=O) groups excluding carboxylic acids is 1. The number of aliphatic hydroxyl groups is 1. The van der Waals surface area contributed by atoms with Crippen LogP contribution < -0.4 is 5.32 Å². The van der Waals surface area contributed by atoms with Crippen LogP contribution in [0, 0.1) is 5.41 Å². The molecule has 1 aliphatic carbocycles. The van der Waals surface area contributed by atoms with Gasteiger partial charge in [0.1, 0.15) is 0 Å². The van der Waals surface area contributed by atoms with Crippen LogP contribution in [0.4, 0.5) is 0 Å². The number of aliphatic hydroxyl groups excluding tert-OH is 1. The van der Waals surface area contributed by atoms with Gasteiger partial charge < -0.3 is 10.4 Å². The molecule has 0 bridgehead atoms. The van der Waals surface area contributed by atoms with Crippen LogP contribution in [0.1, 0.15) is 29.6 Å². The Morgan fingerprint density at radius 3 is 3.00 bits per heavy atom. The van der Waals surface area contributed by atoms with E-state index in [0.29, 0.717) is 12.1 Å². The molecule has 1 heterocycles. The molecule has 1 aromatic heterocycles. The molecule has 5 heteroatoms. The van der Waals surface area contributed by atoms with Gasteiger partial charge in [0.2, 0.25) is 0 Å². The molecule has 1 fully saturated rings. The molecule has 0 spiro atoms. The van der Waals surface area contributed by atoms with Crippen LogP contribution in [-0.2, 0) is 0 Å². The number of nitrogens with zero attached hydrogens (tertiary/aromatic N) is 1. The maximum atomic E-state index is 11.6. The Morgan fingerprint density at radius 1 is 1.67 bits per heavy atom. The van der Waals surface area contributed by atoms with E-state index in [2.05, 4.69) is 15.5 Å². The van der Waals surface area contributed by atoms with E-state index in [1.807, 2.05) is 0 Å². The zero-order valence-electron chi connectivity index (χ0n) is 8.49. The molecule has 1 saturated carbocycles. The third-order valence-electron chi connectivity index (χ3n) is 2.98. The number of aromatic nitrogens is 2. The Bertz CT molecular complexity index is 330. The normalized spacial score (nSPS) is 17.4. The second-order valence-electron chi connectivity index (χ2n) is 4.14. The smallest absolute Gasteiger partial charge is 0.254 e. The summed E-state index contributed by atoms with van der Waals surface area (Å²) in [5, 5.41) is 18.0. The van der Waals surface area contributed by atoms with Gasteiger partial charge in [-0.25, -0.2) is 0 Å². The molecule has 0 aliphatic heterocycles. The van der Waals surface area contributed by atoms with Crippen molar-refractivity contribution in [2.75, 3.05) is 13.2 Å². The van der Waals surface area contributed by atoms with E-state index in [4.69, 9.17) is 5.11 Å². The molecular weight excluding hydrogens is 194 g/mol. The molecule has 0 unspecified atom stereocenters. The first-order chi connectivity index (χ1) is 7.26. The highest BCUT2D eigenvalue weighted by molar-refractivity contribution is 5.93. The van der Waals surface area contributed by atoms with Crippen molar-refractivity contribution in [2.45, 2.75) is 19.3 Å². The number of H-pyrrole nitrogens is 1. The Kier molecular flexibility index (Phi) is 2.73. The van der Waals surface area contributed by atoms with Crippen molar-refractivity contribution < 1.29 is 9.90 Å². The number of aromatic amines is 1. The summed E-state index contributed by atoms with van der Waals surface area (Å²) in [7, 11) is 0. The minimum atomic E-state index is -0.104. The first-order valence-corrected chi connectivity index (χ1v) is 5.14. The fourth-order valence-corrected chi connectivity index (χ4v) is 1.67. The van der Waals surface area contributed by atoms with Crippen molar-refractivity contribution in [3.8, 4) is 0 Å². The summed E-state index contributed by atoms with van der Waals surface area (Å²) in [6.45, 7) is 0.846. The highest BCUT2D eigenvalue weighted by atomic mass is 16.3. The van der Waals surface area contributed by atoms with E-state index < -0.39 is 0 Å². The van der Waals surface area contributed by atoms with Crippen LogP contribution in [0.3, 0.4) is 0 Å². The third kappa shape index (κ3) is 2.36. The molecule has 0 saturated heterocycles. The summed E-state index contributed by atoms with van der Waals surface area (Å²) in [5.41, 5.74) is 0.712. The Hall–Kier alpha value is -1.36. The van der Waals surface area contributed by atoms with Gasteiger partial charge in [-0.1, -0.05) is 0 Å². The lowest BCUT2D eigenvalue weighted by Crippen LogP contribution is -2.30. The predicted molar refractivity (Wildman–Crippen MR) is 54.3 cm³/mol. The van der Waals surface area contributed by atoms with Crippen molar-refractivity contribution in [3.05, 3.63) is 18.0 Å². The zero-order chi connectivity index (χ0) is 10.7. The lowest BCUT2D eigenvalue weighted by atomic mass is 10.0. The summed E-state index contributed by atoms with van der Waals surface area (Å²) in [5.74, 6) is -0.104. The fourth-order valence-electron chi connectivity index (χ4n) is 1.67. The zero-order valence-corrected chi connectivity index (χ0v) is 8.49. The average molecular weight is 209 g/mol. The van der Waals surface area contributed by atoms with Crippen molar-refractivity contribution in [1.82, 2.24) is 15.5 Å². The highest BCUT2D eigenvalue weighted by Crippen LogP contribution is 2.47. The molecule has 2 rings (SSSR count). The molecule has 0 radical (unpaired) electrons. The fraction of sp³-hybridized carbons (Fsp3) is 0.600. The molecule has 15 heavy (non-hydrogen) atoms. The van der Waals surface area contributed by atoms with Crippen molar-refractivity contribution in [1.29, 1.82) is 0 Å². The van der Waals surface area contributed by atoms with Crippen LogP contribution in [0.25, 0.3) is 0 Å². The number of amides is 1. The van der Waals surface area contributed by atoms with Gasteiger partial charge >= 0.3 is 0 Å². The van der Waals surface area contributed by atoms with Gasteiger partial charge in [0, 0.05) is 19.3 Å². The Morgan fingerprint density at radius 2 is 2.47 bits per heavy atom. The Labute approximate surface area is 87.9 Å². The summed E-state index contributed by atoms with van der Waals surface area (Å²) in [6.07, 6.45) is 6.04. The topological polar surface area (TPSA) is 78.0 Å². The second kappa shape index (κ2) is 4.02. The number of carbonyl (C=O) groups is 1. The van der Waals surface area contributed by atoms with Crippen LogP contribution in [-0.4, -0.2) is 34.4 Å². The quantitative estimate of drug-likeness (QED) is 0.652. The standard InChI is InChI=1S/C10H15N3O2/c14-4-3-10(1-2-10)7-11-9(15)8-5-12-13-6-8/h5-6,14H,1-4,7H2,(H,11,15)(H,12,13). The first-order valence-electron chi connectivity index (χ1n) is 5.14. The molecule has 0 atom stereocenters. The lowest BCUT2D eigenvalue weighted by Gasteiger charge is -2.13. The molecule has 1 aliphatic rings. The van der Waals surface area contributed by atoms with Gasteiger partial charge in [-0.3, -0.25) is 9.89 Å². The maximum Gasteiger partial charge on any atom is 0.254 e. The monoisotopic (exact) mass is 209 g/mol. The van der Waals surface area contributed by atoms with Gasteiger partial charge in [-0.2, -0.15) is 5.10 Å². The van der Waals surface area contributed by atoms with Crippen LogP contribution in [0.5, 0.6) is 0 Å². The highest BCUT2D eigenvalue weighted by Gasteiger charge is 2.41. The molecule has 3 N–H and O–H groups in total. The summed E-state index contributed by atoms with van der Waals surface area (Å²) in [6, 6.07) is 0. The summed E-state index contributed by atoms with van der Waals surface area (Å²) < 4.78 is 0. The minimum Gasteiger partial charge on any atom is -0.396 e. The van der Waals surface area contributed by atoms with Gasteiger partial charge in [0.05, 0.1) is 11.8 Å². The number of nitrogens with one attached hydrogen (secondary N) is 2. The van der Waals surface area contributed by atoms with Crippen molar-refractivity contribution >= 4 is 5.91 Å². The van der Waals surface area contributed by atoms with E-state index in [1.54, 1.807) is 6.20 Å². The average Bonchev–Trinajstić information content (AvgIpc) is 2.81. The molecule has 1 amide bonds. The van der Waals surface area contributed by atoms with Gasteiger partial charge in [-0.15, -0.1) is 0 Å². The molecule has 82 valence electrons. The van der Waals surface area contributed by atoms with E-state index in [0.717, 1.165) is 19.3 Å². The van der Waals surface area contributed by atoms with Gasteiger partial charge in [-0.05, 0) is 24.7 Å². The van der Waals surface area contributed by atoms with E-state index in [1.165, 1.54) is 6.20 Å². The van der Waals surface area contributed by atoms with Crippen molar-refractivity contribution in [2.24, 2.45) is 5.41 Å².